The Morgan fingerprint density at radius 3 is 2.44 bits per heavy atom. The fraction of sp³-hybridized carbons (Fsp3) is 1.00. The second kappa shape index (κ2) is 6.26. The van der Waals surface area contributed by atoms with Crippen molar-refractivity contribution in [2.24, 2.45) is 0 Å². The van der Waals surface area contributed by atoms with Crippen molar-refractivity contribution in [2.75, 3.05) is 20.3 Å². The van der Waals surface area contributed by atoms with E-state index in [9.17, 15) is 0 Å². The Labute approximate surface area is 58.9 Å². The molecule has 0 radical (unpaired) electrons. The van der Waals surface area contributed by atoms with Gasteiger partial charge in [-0.2, -0.15) is 0 Å². The van der Waals surface area contributed by atoms with Gasteiger partial charge in [-0.3, -0.25) is 0 Å². The molecule has 1 atom stereocenters. The maximum absolute atomic E-state index is 5.45. The molecule has 2 nitrogen and oxygen atoms in total. The van der Waals surface area contributed by atoms with Gasteiger partial charge in [0.15, 0.2) is 9.04 Å². The Morgan fingerprint density at radius 2 is 2.00 bits per heavy atom. The lowest BCUT2D eigenvalue weighted by Crippen LogP contribution is -2.14. The van der Waals surface area contributed by atoms with E-state index in [4.69, 9.17) is 9.16 Å². The van der Waals surface area contributed by atoms with Gasteiger partial charge in [0.1, 0.15) is 0 Å². The lowest BCUT2D eigenvalue weighted by atomic mass is 10.8. The van der Waals surface area contributed by atoms with Crippen molar-refractivity contribution in [1.82, 2.24) is 0 Å². The molecule has 3 heteroatoms. The molecule has 0 aliphatic rings. The predicted molar refractivity (Wildman–Crippen MR) is 41.3 cm³/mol. The first-order valence-corrected chi connectivity index (χ1v) is 5.86. The van der Waals surface area contributed by atoms with Gasteiger partial charge in [-0.1, -0.05) is 6.92 Å². The minimum Gasteiger partial charge on any atom is -0.418 e. The number of hydrogen-bond donors (Lipinski definition) is 0. The molecule has 1 unspecified atom stereocenters. The molecule has 0 spiro atoms. The summed E-state index contributed by atoms with van der Waals surface area (Å²) >= 11 is 0. The van der Waals surface area contributed by atoms with Crippen LogP contribution in [0.3, 0.4) is 0 Å². The zero-order valence-electron chi connectivity index (χ0n) is 6.52. The topological polar surface area (TPSA) is 18.5 Å². The number of hydrogen-bond acceptors (Lipinski definition) is 2. The highest BCUT2D eigenvalue weighted by molar-refractivity contribution is 6.49. The summed E-state index contributed by atoms with van der Waals surface area (Å²) in [5, 5.41) is 0. The van der Waals surface area contributed by atoms with E-state index in [1.165, 1.54) is 6.04 Å². The Balaban J connectivity index is 2.88. The summed E-state index contributed by atoms with van der Waals surface area (Å²) in [5.74, 6) is 0. The molecule has 0 aromatic rings. The first-order valence-electron chi connectivity index (χ1n) is 3.41. The average molecular weight is 148 g/mol. The molecule has 0 heterocycles. The standard InChI is InChI=1S/C6H16O2Si/c1-4-9(3)8-6-5-7-2/h9H,4-6H2,1-3H3. The van der Waals surface area contributed by atoms with Crippen LogP contribution in [-0.2, 0) is 9.16 Å². The third-order valence-electron chi connectivity index (χ3n) is 1.26. The third kappa shape index (κ3) is 6.02. The van der Waals surface area contributed by atoms with Gasteiger partial charge in [-0.05, 0) is 12.6 Å². The van der Waals surface area contributed by atoms with Crippen molar-refractivity contribution in [3.8, 4) is 0 Å². The van der Waals surface area contributed by atoms with E-state index >= 15 is 0 Å². The molecule has 0 saturated heterocycles. The lowest BCUT2D eigenvalue weighted by molar-refractivity contribution is 0.146. The van der Waals surface area contributed by atoms with Gasteiger partial charge in [0.05, 0.1) is 13.2 Å². The molecule has 0 aliphatic carbocycles. The first kappa shape index (κ1) is 9.14. The van der Waals surface area contributed by atoms with Crippen molar-refractivity contribution in [3.05, 3.63) is 0 Å². The normalized spacial score (nSPS) is 13.7. The van der Waals surface area contributed by atoms with E-state index in [0.29, 0.717) is 0 Å². The summed E-state index contributed by atoms with van der Waals surface area (Å²) < 4.78 is 10.3. The largest absolute Gasteiger partial charge is 0.418 e. The molecule has 0 bridgehead atoms. The molecule has 0 aromatic heterocycles. The minimum atomic E-state index is -0.793. The maximum atomic E-state index is 5.45. The summed E-state index contributed by atoms with van der Waals surface area (Å²) in [6.45, 7) is 5.88. The first-order chi connectivity index (χ1) is 4.31. The van der Waals surface area contributed by atoms with Gasteiger partial charge in [0, 0.05) is 7.11 Å². The third-order valence-corrected chi connectivity index (χ3v) is 3.22. The minimum absolute atomic E-state index is 0.733. The van der Waals surface area contributed by atoms with Crippen molar-refractivity contribution in [1.29, 1.82) is 0 Å². The van der Waals surface area contributed by atoms with Gasteiger partial charge < -0.3 is 9.16 Å². The Morgan fingerprint density at radius 1 is 1.33 bits per heavy atom. The SMILES string of the molecule is CC[SiH](C)OCCOC. The van der Waals surface area contributed by atoms with Crippen LogP contribution in [-0.4, -0.2) is 29.4 Å². The molecule has 0 amide bonds. The van der Waals surface area contributed by atoms with E-state index in [-0.39, 0.29) is 0 Å². The predicted octanol–water partition coefficient (Wildman–Crippen LogP) is 1.02. The molecule has 0 aromatic carbocycles. The zero-order valence-corrected chi connectivity index (χ0v) is 7.67. The highest BCUT2D eigenvalue weighted by atomic mass is 28.3. The van der Waals surface area contributed by atoms with Crippen LogP contribution in [0.2, 0.25) is 12.6 Å². The van der Waals surface area contributed by atoms with Crippen LogP contribution in [0.4, 0.5) is 0 Å². The molecular formula is C6H16O2Si. The fourth-order valence-electron chi connectivity index (χ4n) is 0.450. The smallest absolute Gasteiger partial charge is 0.173 e. The van der Waals surface area contributed by atoms with E-state index in [2.05, 4.69) is 13.5 Å². The summed E-state index contributed by atoms with van der Waals surface area (Å²) in [7, 11) is 0.903. The molecule has 0 fully saturated rings. The van der Waals surface area contributed by atoms with Gasteiger partial charge in [-0.15, -0.1) is 0 Å². The van der Waals surface area contributed by atoms with Crippen LogP contribution in [0.5, 0.6) is 0 Å². The molecule has 0 aliphatic heterocycles. The summed E-state index contributed by atoms with van der Waals surface area (Å²) in [6, 6.07) is 1.21. The van der Waals surface area contributed by atoms with E-state index < -0.39 is 9.04 Å². The molecule has 0 rings (SSSR count). The highest BCUT2D eigenvalue weighted by Gasteiger charge is 1.98. The summed E-state index contributed by atoms with van der Waals surface area (Å²) in [5.41, 5.74) is 0. The molecule has 0 saturated carbocycles. The van der Waals surface area contributed by atoms with Gasteiger partial charge >= 0.3 is 0 Å². The van der Waals surface area contributed by atoms with Gasteiger partial charge in [0.25, 0.3) is 0 Å². The zero-order chi connectivity index (χ0) is 7.11. The summed E-state index contributed by atoms with van der Waals surface area (Å²) in [6.07, 6.45) is 0. The molecular weight excluding hydrogens is 132 g/mol. The van der Waals surface area contributed by atoms with E-state index in [0.717, 1.165) is 13.2 Å². The van der Waals surface area contributed by atoms with Gasteiger partial charge in [-0.25, -0.2) is 0 Å². The quantitative estimate of drug-likeness (QED) is 0.428. The van der Waals surface area contributed by atoms with Crippen molar-refractivity contribution >= 4 is 9.04 Å². The second-order valence-electron chi connectivity index (χ2n) is 2.08. The monoisotopic (exact) mass is 148 g/mol. The fourth-order valence-corrected chi connectivity index (χ4v) is 1.18. The molecule has 56 valence electrons. The van der Waals surface area contributed by atoms with Crippen molar-refractivity contribution < 1.29 is 9.16 Å². The van der Waals surface area contributed by atoms with Crippen LogP contribution in [0.25, 0.3) is 0 Å². The van der Waals surface area contributed by atoms with Crippen LogP contribution in [0, 0.1) is 0 Å². The number of rotatable bonds is 5. The molecule has 9 heavy (non-hydrogen) atoms. The van der Waals surface area contributed by atoms with Crippen LogP contribution in [0.15, 0.2) is 0 Å². The van der Waals surface area contributed by atoms with Gasteiger partial charge in [0.2, 0.25) is 0 Å². The highest BCUT2D eigenvalue weighted by Crippen LogP contribution is 1.91. The second-order valence-corrected chi connectivity index (χ2v) is 4.85. The number of methoxy groups -OCH3 is 1. The Hall–Kier alpha value is 0.137. The lowest BCUT2D eigenvalue weighted by Gasteiger charge is -2.07. The van der Waals surface area contributed by atoms with Crippen molar-refractivity contribution in [2.45, 2.75) is 19.5 Å². The van der Waals surface area contributed by atoms with Crippen LogP contribution < -0.4 is 0 Å². The molecule has 0 N–H and O–H groups in total. The Kier molecular flexibility index (Phi) is 6.35. The van der Waals surface area contributed by atoms with E-state index in [1.54, 1.807) is 7.11 Å². The maximum Gasteiger partial charge on any atom is 0.173 e. The number of ether oxygens (including phenoxy) is 1. The Bertz CT molecular complexity index is 59.0. The van der Waals surface area contributed by atoms with E-state index in [1.807, 2.05) is 0 Å². The van der Waals surface area contributed by atoms with Crippen LogP contribution >= 0.6 is 0 Å². The average Bonchev–Trinajstić information content (AvgIpc) is 1.89. The summed E-state index contributed by atoms with van der Waals surface area (Å²) in [4.78, 5) is 0. The van der Waals surface area contributed by atoms with Crippen molar-refractivity contribution in [3.63, 3.8) is 0 Å². The van der Waals surface area contributed by atoms with Crippen LogP contribution in [0.1, 0.15) is 6.92 Å².